The van der Waals surface area contributed by atoms with E-state index in [1.54, 1.807) is 0 Å². The zero-order valence-electron chi connectivity index (χ0n) is 11.4. The molecule has 19 heavy (non-hydrogen) atoms. The van der Waals surface area contributed by atoms with Gasteiger partial charge in [-0.05, 0) is 24.5 Å². The summed E-state index contributed by atoms with van der Waals surface area (Å²) in [4.78, 5) is 14.5. The highest BCUT2D eigenvalue weighted by molar-refractivity contribution is 5.88. The van der Waals surface area contributed by atoms with Gasteiger partial charge in [0, 0.05) is 19.6 Å². The third-order valence-corrected chi connectivity index (χ3v) is 4.23. The zero-order chi connectivity index (χ0) is 13.2. The zero-order valence-corrected chi connectivity index (χ0v) is 11.4. The SMILES string of the molecule is CCC1CCN(C(=O)C2CNc3ccccc3N2)C1. The number of nitrogens with one attached hydrogen (secondary N) is 2. The summed E-state index contributed by atoms with van der Waals surface area (Å²) in [5.74, 6) is 0.922. The normalized spacial score (nSPS) is 25.4. The van der Waals surface area contributed by atoms with E-state index in [-0.39, 0.29) is 11.9 Å². The Labute approximate surface area is 114 Å². The third kappa shape index (κ3) is 2.39. The summed E-state index contributed by atoms with van der Waals surface area (Å²) in [6.45, 7) is 4.71. The second-order valence-electron chi connectivity index (χ2n) is 5.47. The van der Waals surface area contributed by atoms with E-state index in [1.807, 2.05) is 29.2 Å². The van der Waals surface area contributed by atoms with Crippen molar-refractivity contribution in [1.82, 2.24) is 4.90 Å². The molecule has 0 radical (unpaired) electrons. The van der Waals surface area contributed by atoms with Crippen LogP contribution in [0.1, 0.15) is 19.8 Å². The molecule has 2 N–H and O–H groups in total. The number of rotatable bonds is 2. The van der Waals surface area contributed by atoms with E-state index in [0.29, 0.717) is 12.5 Å². The Hall–Kier alpha value is -1.71. The van der Waals surface area contributed by atoms with Crippen LogP contribution in [-0.4, -0.2) is 36.5 Å². The van der Waals surface area contributed by atoms with E-state index < -0.39 is 0 Å². The highest BCUT2D eigenvalue weighted by Gasteiger charge is 2.31. The van der Waals surface area contributed by atoms with Crippen LogP contribution in [-0.2, 0) is 4.79 Å². The molecule has 2 aliphatic rings. The first-order valence-electron chi connectivity index (χ1n) is 7.16. The fourth-order valence-electron chi connectivity index (χ4n) is 2.95. The van der Waals surface area contributed by atoms with E-state index >= 15 is 0 Å². The van der Waals surface area contributed by atoms with E-state index in [2.05, 4.69) is 17.6 Å². The van der Waals surface area contributed by atoms with E-state index in [0.717, 1.165) is 30.9 Å². The number of hydrogen-bond donors (Lipinski definition) is 2. The molecule has 0 bridgehead atoms. The Bertz CT molecular complexity index is 474. The number of benzene rings is 1. The number of hydrogen-bond acceptors (Lipinski definition) is 3. The average molecular weight is 259 g/mol. The van der Waals surface area contributed by atoms with Crippen LogP contribution in [0.3, 0.4) is 0 Å². The fraction of sp³-hybridized carbons (Fsp3) is 0.533. The van der Waals surface area contributed by atoms with Gasteiger partial charge < -0.3 is 15.5 Å². The highest BCUT2D eigenvalue weighted by atomic mass is 16.2. The lowest BCUT2D eigenvalue weighted by Crippen LogP contribution is -2.47. The van der Waals surface area contributed by atoms with Gasteiger partial charge in [-0.15, -0.1) is 0 Å². The van der Waals surface area contributed by atoms with E-state index in [4.69, 9.17) is 0 Å². The predicted octanol–water partition coefficient (Wildman–Crippen LogP) is 2.15. The molecule has 3 rings (SSSR count). The number of fused-ring (bicyclic) bond motifs is 1. The van der Waals surface area contributed by atoms with Crippen molar-refractivity contribution in [3.05, 3.63) is 24.3 Å². The number of para-hydroxylation sites is 2. The Morgan fingerprint density at radius 2 is 2.16 bits per heavy atom. The highest BCUT2D eigenvalue weighted by Crippen LogP contribution is 2.27. The minimum Gasteiger partial charge on any atom is -0.381 e. The van der Waals surface area contributed by atoms with Crippen LogP contribution in [0.25, 0.3) is 0 Å². The summed E-state index contributed by atoms with van der Waals surface area (Å²) in [6.07, 6.45) is 2.32. The summed E-state index contributed by atoms with van der Waals surface area (Å²) < 4.78 is 0. The summed E-state index contributed by atoms with van der Waals surface area (Å²) in [5.41, 5.74) is 2.11. The van der Waals surface area contributed by atoms with Crippen molar-refractivity contribution in [2.24, 2.45) is 5.92 Å². The van der Waals surface area contributed by atoms with Crippen LogP contribution < -0.4 is 10.6 Å². The first-order valence-corrected chi connectivity index (χ1v) is 7.16. The first-order chi connectivity index (χ1) is 9.28. The van der Waals surface area contributed by atoms with Gasteiger partial charge in [-0.2, -0.15) is 0 Å². The molecule has 2 aliphatic heterocycles. The second-order valence-corrected chi connectivity index (χ2v) is 5.47. The van der Waals surface area contributed by atoms with Crippen molar-refractivity contribution in [1.29, 1.82) is 0 Å². The predicted molar refractivity (Wildman–Crippen MR) is 77.3 cm³/mol. The molecule has 0 spiro atoms. The number of nitrogens with zero attached hydrogens (tertiary/aromatic N) is 1. The van der Waals surface area contributed by atoms with Crippen molar-refractivity contribution in [2.45, 2.75) is 25.8 Å². The van der Waals surface area contributed by atoms with Gasteiger partial charge >= 0.3 is 0 Å². The largest absolute Gasteiger partial charge is 0.381 e. The maximum absolute atomic E-state index is 12.5. The molecule has 1 fully saturated rings. The molecule has 2 unspecified atom stereocenters. The summed E-state index contributed by atoms with van der Waals surface area (Å²) in [7, 11) is 0. The minimum atomic E-state index is -0.134. The maximum atomic E-state index is 12.5. The van der Waals surface area contributed by atoms with E-state index in [1.165, 1.54) is 6.42 Å². The number of anilines is 2. The number of carbonyl (C=O) groups is 1. The number of likely N-dealkylation sites (tertiary alicyclic amines) is 1. The minimum absolute atomic E-state index is 0.134. The standard InChI is InChI=1S/C15H21N3O/c1-2-11-7-8-18(10-11)15(19)14-9-16-12-5-3-4-6-13(12)17-14/h3-6,11,14,16-17H,2,7-10H2,1H3. The van der Waals surface area contributed by atoms with Crippen molar-refractivity contribution >= 4 is 17.3 Å². The van der Waals surface area contributed by atoms with Crippen molar-refractivity contribution in [3.63, 3.8) is 0 Å². The molecule has 2 atom stereocenters. The molecular formula is C15H21N3O. The smallest absolute Gasteiger partial charge is 0.246 e. The van der Waals surface area contributed by atoms with Crippen LogP contribution >= 0.6 is 0 Å². The summed E-state index contributed by atoms with van der Waals surface area (Å²) in [5, 5.41) is 6.69. The molecule has 1 aromatic carbocycles. The molecule has 0 aliphatic carbocycles. The van der Waals surface area contributed by atoms with Crippen molar-refractivity contribution < 1.29 is 4.79 Å². The molecule has 4 nitrogen and oxygen atoms in total. The topological polar surface area (TPSA) is 44.4 Å². The Morgan fingerprint density at radius 1 is 1.37 bits per heavy atom. The first kappa shape index (κ1) is 12.3. The number of amides is 1. The molecule has 0 saturated carbocycles. The quantitative estimate of drug-likeness (QED) is 0.855. The maximum Gasteiger partial charge on any atom is 0.246 e. The molecule has 0 aromatic heterocycles. The lowest BCUT2D eigenvalue weighted by atomic mass is 10.1. The second kappa shape index (κ2) is 5.11. The summed E-state index contributed by atoms with van der Waals surface area (Å²) >= 11 is 0. The van der Waals surface area contributed by atoms with Gasteiger partial charge in [0.2, 0.25) is 5.91 Å². The lowest BCUT2D eigenvalue weighted by Gasteiger charge is -2.30. The van der Waals surface area contributed by atoms with Crippen LogP contribution in [0, 0.1) is 5.92 Å². The average Bonchev–Trinajstić information content (AvgIpc) is 2.95. The van der Waals surface area contributed by atoms with Gasteiger partial charge in [0.15, 0.2) is 0 Å². The fourth-order valence-corrected chi connectivity index (χ4v) is 2.95. The van der Waals surface area contributed by atoms with Crippen LogP contribution in [0.4, 0.5) is 11.4 Å². The lowest BCUT2D eigenvalue weighted by molar-refractivity contribution is -0.130. The van der Waals surface area contributed by atoms with E-state index in [9.17, 15) is 4.79 Å². The van der Waals surface area contributed by atoms with Crippen molar-refractivity contribution in [3.8, 4) is 0 Å². The van der Waals surface area contributed by atoms with Gasteiger partial charge in [-0.1, -0.05) is 25.5 Å². The monoisotopic (exact) mass is 259 g/mol. The van der Waals surface area contributed by atoms with Gasteiger partial charge in [0.25, 0.3) is 0 Å². The Balaban J connectivity index is 1.66. The van der Waals surface area contributed by atoms with Crippen LogP contribution in [0.2, 0.25) is 0 Å². The van der Waals surface area contributed by atoms with Crippen LogP contribution in [0.5, 0.6) is 0 Å². The van der Waals surface area contributed by atoms with Gasteiger partial charge in [-0.3, -0.25) is 4.79 Å². The third-order valence-electron chi connectivity index (χ3n) is 4.23. The molecular weight excluding hydrogens is 238 g/mol. The number of carbonyl (C=O) groups excluding carboxylic acids is 1. The van der Waals surface area contributed by atoms with Gasteiger partial charge in [-0.25, -0.2) is 0 Å². The molecule has 1 aromatic rings. The molecule has 1 amide bonds. The molecule has 2 heterocycles. The van der Waals surface area contributed by atoms with Crippen molar-refractivity contribution in [2.75, 3.05) is 30.3 Å². The summed E-state index contributed by atoms with van der Waals surface area (Å²) in [6, 6.07) is 7.91. The Morgan fingerprint density at radius 3 is 2.89 bits per heavy atom. The molecule has 4 heteroatoms. The Kier molecular flexibility index (Phi) is 3.32. The van der Waals surface area contributed by atoms with Crippen LogP contribution in [0.15, 0.2) is 24.3 Å². The van der Waals surface area contributed by atoms with Gasteiger partial charge in [0.05, 0.1) is 11.4 Å². The molecule has 102 valence electrons. The van der Waals surface area contributed by atoms with Gasteiger partial charge in [0.1, 0.15) is 6.04 Å². The molecule has 1 saturated heterocycles.